The molecule has 0 aliphatic rings. The van der Waals surface area contributed by atoms with Gasteiger partial charge < -0.3 is 9.09 Å². The van der Waals surface area contributed by atoms with E-state index >= 15 is 0 Å². The third-order valence-corrected chi connectivity index (χ3v) is 5.39. The normalized spacial score (nSPS) is 12.6. The van der Waals surface area contributed by atoms with Gasteiger partial charge in [0.15, 0.2) is 5.82 Å². The molecule has 162 valence electrons. The van der Waals surface area contributed by atoms with Gasteiger partial charge in [-0.1, -0.05) is 27.2 Å². The minimum Gasteiger partial charge on any atom is -0.337 e. The van der Waals surface area contributed by atoms with E-state index in [0.29, 0.717) is 11.2 Å². The van der Waals surface area contributed by atoms with Crippen LogP contribution in [0.5, 0.6) is 0 Å². The van der Waals surface area contributed by atoms with Crippen molar-refractivity contribution in [3.8, 4) is 11.5 Å². The average molecular weight is 504 g/mol. The highest BCUT2D eigenvalue weighted by Crippen LogP contribution is 2.41. The van der Waals surface area contributed by atoms with E-state index in [0.717, 1.165) is 12.1 Å². The molecule has 0 atom stereocenters. The van der Waals surface area contributed by atoms with Gasteiger partial charge in [-0.3, -0.25) is 0 Å². The molecule has 31 heavy (non-hydrogen) atoms. The predicted molar refractivity (Wildman–Crippen MR) is 103 cm³/mol. The molecule has 4 rings (SSSR count). The zero-order chi connectivity index (χ0) is 22.6. The summed E-state index contributed by atoms with van der Waals surface area (Å²) >= 11 is 2.95. The SMILES string of the molecule is Cc1cc2c(C(F)(F)F)c(Br)ccc2n1Cc1noc(-c2cccc(C(F)(F)F)c2)n1. The van der Waals surface area contributed by atoms with Gasteiger partial charge in [0, 0.05) is 26.6 Å². The van der Waals surface area contributed by atoms with Gasteiger partial charge in [-0.25, -0.2) is 0 Å². The molecule has 0 aliphatic carbocycles. The molecule has 0 unspecified atom stereocenters. The van der Waals surface area contributed by atoms with Crippen molar-refractivity contribution in [3.63, 3.8) is 0 Å². The quantitative estimate of drug-likeness (QED) is 0.287. The third kappa shape index (κ3) is 4.06. The van der Waals surface area contributed by atoms with E-state index in [2.05, 4.69) is 26.1 Å². The lowest BCUT2D eigenvalue weighted by Crippen LogP contribution is -2.07. The summed E-state index contributed by atoms with van der Waals surface area (Å²) in [5.74, 6) is -0.00145. The highest BCUT2D eigenvalue weighted by Gasteiger charge is 2.36. The van der Waals surface area contributed by atoms with Gasteiger partial charge in [0.1, 0.15) is 0 Å². The Morgan fingerprint density at radius 2 is 1.74 bits per heavy atom. The summed E-state index contributed by atoms with van der Waals surface area (Å²) in [5, 5.41) is 3.79. The Labute approximate surface area is 179 Å². The Balaban J connectivity index is 1.71. The molecule has 11 heteroatoms. The van der Waals surface area contributed by atoms with Crippen molar-refractivity contribution in [3.05, 3.63) is 69.6 Å². The minimum atomic E-state index is -4.56. The van der Waals surface area contributed by atoms with Gasteiger partial charge in [-0.2, -0.15) is 31.3 Å². The highest BCUT2D eigenvalue weighted by atomic mass is 79.9. The maximum atomic E-state index is 13.5. The van der Waals surface area contributed by atoms with E-state index in [9.17, 15) is 26.3 Å². The summed E-state index contributed by atoms with van der Waals surface area (Å²) in [6, 6.07) is 8.70. The molecule has 2 aromatic heterocycles. The number of aryl methyl sites for hydroxylation is 1. The van der Waals surface area contributed by atoms with E-state index < -0.39 is 23.5 Å². The molecule has 0 bridgehead atoms. The van der Waals surface area contributed by atoms with Crippen LogP contribution in [-0.2, 0) is 18.9 Å². The molecule has 4 aromatic rings. The summed E-state index contributed by atoms with van der Waals surface area (Å²) < 4.78 is 85.9. The van der Waals surface area contributed by atoms with E-state index in [1.165, 1.54) is 30.3 Å². The molecule has 2 aromatic carbocycles. The first-order chi connectivity index (χ1) is 14.4. The molecular formula is C20H12BrF6N3O. The van der Waals surface area contributed by atoms with Crippen molar-refractivity contribution < 1.29 is 30.9 Å². The van der Waals surface area contributed by atoms with Crippen LogP contribution < -0.4 is 0 Å². The molecule has 2 heterocycles. The van der Waals surface area contributed by atoms with Crippen LogP contribution in [0.3, 0.4) is 0 Å². The summed E-state index contributed by atoms with van der Waals surface area (Å²) in [6.07, 6.45) is -9.08. The van der Waals surface area contributed by atoms with Gasteiger partial charge in [0.2, 0.25) is 0 Å². The van der Waals surface area contributed by atoms with Crippen molar-refractivity contribution in [1.29, 1.82) is 0 Å². The van der Waals surface area contributed by atoms with Gasteiger partial charge in [-0.15, -0.1) is 0 Å². The van der Waals surface area contributed by atoms with Crippen molar-refractivity contribution in [2.45, 2.75) is 25.8 Å². The first kappa shape index (κ1) is 21.4. The van der Waals surface area contributed by atoms with Crippen molar-refractivity contribution in [2.75, 3.05) is 0 Å². The highest BCUT2D eigenvalue weighted by molar-refractivity contribution is 9.10. The lowest BCUT2D eigenvalue weighted by Gasteiger charge is -2.11. The molecule has 0 aliphatic heterocycles. The van der Waals surface area contributed by atoms with Crippen LogP contribution in [-0.4, -0.2) is 14.7 Å². The standard InChI is InChI=1S/C20H12BrF6N3O/c1-10-7-13-15(6-5-14(21)17(13)20(25,26)27)30(10)9-16-28-18(31-29-16)11-3-2-4-12(8-11)19(22,23)24/h2-8H,9H2,1H3. The number of alkyl halides is 6. The molecule has 4 nitrogen and oxygen atoms in total. The monoisotopic (exact) mass is 503 g/mol. The van der Waals surface area contributed by atoms with Crippen molar-refractivity contribution in [2.24, 2.45) is 0 Å². The maximum Gasteiger partial charge on any atom is 0.418 e. The van der Waals surface area contributed by atoms with Crippen LogP contribution in [0.25, 0.3) is 22.4 Å². The van der Waals surface area contributed by atoms with Crippen LogP contribution in [0.2, 0.25) is 0 Å². The molecule has 0 amide bonds. The maximum absolute atomic E-state index is 13.5. The fourth-order valence-corrected chi connectivity index (χ4v) is 3.91. The zero-order valence-electron chi connectivity index (χ0n) is 15.6. The van der Waals surface area contributed by atoms with E-state index in [1.54, 1.807) is 11.5 Å². The number of hydrogen-bond acceptors (Lipinski definition) is 3. The van der Waals surface area contributed by atoms with Crippen LogP contribution in [0.1, 0.15) is 22.6 Å². The van der Waals surface area contributed by atoms with Crippen LogP contribution in [0, 0.1) is 6.92 Å². The predicted octanol–water partition coefficient (Wildman–Crippen LogP) is 6.85. The Kier molecular flexibility index (Phi) is 5.11. The first-order valence-electron chi connectivity index (χ1n) is 8.81. The van der Waals surface area contributed by atoms with E-state index in [1.807, 2.05) is 0 Å². The molecule has 0 saturated carbocycles. The number of fused-ring (bicyclic) bond motifs is 1. The fraction of sp³-hybridized carbons (Fsp3) is 0.200. The second-order valence-electron chi connectivity index (χ2n) is 6.82. The summed E-state index contributed by atoms with van der Waals surface area (Å²) in [7, 11) is 0. The topological polar surface area (TPSA) is 43.9 Å². The van der Waals surface area contributed by atoms with Gasteiger partial charge >= 0.3 is 12.4 Å². The third-order valence-electron chi connectivity index (χ3n) is 4.73. The van der Waals surface area contributed by atoms with Crippen LogP contribution in [0.15, 0.2) is 51.5 Å². The van der Waals surface area contributed by atoms with Crippen LogP contribution in [0.4, 0.5) is 26.3 Å². The number of benzene rings is 2. The van der Waals surface area contributed by atoms with Gasteiger partial charge in [-0.05, 0) is 43.3 Å². The Morgan fingerprint density at radius 3 is 2.42 bits per heavy atom. The van der Waals surface area contributed by atoms with Crippen molar-refractivity contribution in [1.82, 2.24) is 14.7 Å². The summed E-state index contributed by atoms with van der Waals surface area (Å²) in [5.41, 5.74) is -0.708. The molecule has 0 saturated heterocycles. The first-order valence-corrected chi connectivity index (χ1v) is 9.60. The second-order valence-corrected chi connectivity index (χ2v) is 7.67. The second kappa shape index (κ2) is 7.40. The molecule has 0 radical (unpaired) electrons. The average Bonchev–Trinajstić information content (AvgIpc) is 3.25. The minimum absolute atomic E-state index is 0.0148. The van der Waals surface area contributed by atoms with E-state index in [4.69, 9.17) is 4.52 Å². The molecule has 0 fully saturated rings. The zero-order valence-corrected chi connectivity index (χ0v) is 17.2. The lowest BCUT2D eigenvalue weighted by atomic mass is 10.1. The Hall–Kier alpha value is -2.82. The van der Waals surface area contributed by atoms with Crippen LogP contribution >= 0.6 is 15.9 Å². The molecule has 0 N–H and O–H groups in total. The summed E-state index contributed by atoms with van der Waals surface area (Å²) in [4.78, 5) is 4.12. The number of nitrogens with zero attached hydrogens (tertiary/aromatic N) is 3. The Bertz CT molecular complexity index is 1270. The summed E-state index contributed by atoms with van der Waals surface area (Å²) in [6.45, 7) is 1.62. The van der Waals surface area contributed by atoms with Crippen molar-refractivity contribution >= 4 is 26.8 Å². The molecular weight excluding hydrogens is 492 g/mol. The number of hydrogen-bond donors (Lipinski definition) is 0. The largest absolute Gasteiger partial charge is 0.418 e. The number of rotatable bonds is 3. The lowest BCUT2D eigenvalue weighted by molar-refractivity contribution is -0.138. The molecule has 0 spiro atoms. The Morgan fingerprint density at radius 1 is 1.00 bits per heavy atom. The fourth-order valence-electron chi connectivity index (χ4n) is 3.34. The smallest absolute Gasteiger partial charge is 0.337 e. The number of halogens is 7. The van der Waals surface area contributed by atoms with E-state index in [-0.39, 0.29) is 33.7 Å². The van der Waals surface area contributed by atoms with Gasteiger partial charge in [0.05, 0.1) is 17.7 Å². The number of aromatic nitrogens is 3. The van der Waals surface area contributed by atoms with Gasteiger partial charge in [0.25, 0.3) is 5.89 Å².